The van der Waals surface area contributed by atoms with Gasteiger partial charge in [0.1, 0.15) is 5.82 Å². The molecule has 0 bridgehead atoms. The fourth-order valence-electron chi connectivity index (χ4n) is 2.68. The van der Waals surface area contributed by atoms with Crippen LogP contribution in [0.15, 0.2) is 24.3 Å². The normalized spacial score (nSPS) is 19.8. The molecule has 1 fully saturated rings. The molecule has 1 aromatic carbocycles. The monoisotopic (exact) mass is 328 g/mol. The number of anilines is 1. The minimum absolute atomic E-state index is 0.0563. The van der Waals surface area contributed by atoms with Gasteiger partial charge in [0.25, 0.3) is 0 Å². The van der Waals surface area contributed by atoms with Gasteiger partial charge in [-0.25, -0.2) is 12.8 Å². The first-order valence-electron chi connectivity index (χ1n) is 7.40. The van der Waals surface area contributed by atoms with Gasteiger partial charge in [-0.2, -0.15) is 0 Å². The van der Waals surface area contributed by atoms with Crippen molar-refractivity contribution in [2.45, 2.75) is 25.8 Å². The summed E-state index contributed by atoms with van der Waals surface area (Å²) in [5.74, 6) is -0.131. The van der Waals surface area contributed by atoms with E-state index in [-0.39, 0.29) is 35.7 Å². The van der Waals surface area contributed by atoms with E-state index in [0.717, 1.165) is 5.69 Å². The predicted molar refractivity (Wildman–Crippen MR) is 84.0 cm³/mol. The van der Waals surface area contributed by atoms with Crippen molar-refractivity contribution in [1.29, 1.82) is 0 Å². The molecule has 0 aliphatic carbocycles. The zero-order valence-corrected chi connectivity index (χ0v) is 13.4. The molecule has 0 radical (unpaired) electrons. The Balaban J connectivity index is 1.83. The van der Waals surface area contributed by atoms with E-state index in [1.807, 2.05) is 6.92 Å². The predicted octanol–water partition coefficient (Wildman–Crippen LogP) is 1.66. The second-order valence-corrected chi connectivity index (χ2v) is 7.65. The van der Waals surface area contributed by atoms with E-state index in [0.29, 0.717) is 19.5 Å². The van der Waals surface area contributed by atoms with Gasteiger partial charge in [0.15, 0.2) is 9.84 Å². The molecule has 1 saturated heterocycles. The number of rotatable bonds is 6. The maximum absolute atomic E-state index is 12.8. The lowest BCUT2D eigenvalue weighted by molar-refractivity contribution is -0.132. The molecule has 7 heteroatoms. The van der Waals surface area contributed by atoms with E-state index in [2.05, 4.69) is 5.32 Å². The van der Waals surface area contributed by atoms with Gasteiger partial charge in [-0.05, 0) is 37.6 Å². The van der Waals surface area contributed by atoms with E-state index in [9.17, 15) is 17.6 Å². The Bertz CT molecular complexity index is 616. The number of amides is 1. The van der Waals surface area contributed by atoms with Crippen molar-refractivity contribution in [2.24, 2.45) is 0 Å². The summed E-state index contributed by atoms with van der Waals surface area (Å²) < 4.78 is 35.8. The largest absolute Gasteiger partial charge is 0.385 e. The van der Waals surface area contributed by atoms with E-state index < -0.39 is 9.84 Å². The number of carbonyl (C=O) groups excluding carboxylic acids is 1. The molecule has 2 rings (SSSR count). The van der Waals surface area contributed by atoms with Crippen molar-refractivity contribution in [1.82, 2.24) is 4.90 Å². The SMILES string of the molecule is CCN(C(=O)CCNc1ccc(F)cc1)C1CCS(=O)(=O)C1. The number of hydrogen-bond donors (Lipinski definition) is 1. The summed E-state index contributed by atoms with van der Waals surface area (Å²) in [6.07, 6.45) is 0.801. The fourth-order valence-corrected chi connectivity index (χ4v) is 4.42. The van der Waals surface area contributed by atoms with Crippen molar-refractivity contribution < 1.29 is 17.6 Å². The molecule has 5 nitrogen and oxygen atoms in total. The number of halogens is 1. The van der Waals surface area contributed by atoms with Gasteiger partial charge >= 0.3 is 0 Å². The Morgan fingerprint density at radius 3 is 2.59 bits per heavy atom. The van der Waals surface area contributed by atoms with Crippen LogP contribution in [-0.4, -0.2) is 49.9 Å². The van der Waals surface area contributed by atoms with Crippen LogP contribution in [0.4, 0.5) is 10.1 Å². The Kier molecular flexibility index (Phi) is 5.39. The summed E-state index contributed by atoms with van der Waals surface area (Å²) >= 11 is 0. The zero-order chi connectivity index (χ0) is 16.2. The highest BCUT2D eigenvalue weighted by Gasteiger charge is 2.33. The molecule has 0 spiro atoms. The third kappa shape index (κ3) is 4.43. The topological polar surface area (TPSA) is 66.5 Å². The molecule has 0 saturated carbocycles. The summed E-state index contributed by atoms with van der Waals surface area (Å²) in [5, 5.41) is 3.06. The third-order valence-electron chi connectivity index (χ3n) is 3.82. The Hall–Kier alpha value is -1.63. The first kappa shape index (κ1) is 16.7. The summed E-state index contributed by atoms with van der Waals surface area (Å²) in [4.78, 5) is 13.9. The molecule has 1 unspecified atom stereocenters. The van der Waals surface area contributed by atoms with Crippen molar-refractivity contribution in [3.63, 3.8) is 0 Å². The number of carbonyl (C=O) groups is 1. The van der Waals surface area contributed by atoms with Crippen LogP contribution in [0.2, 0.25) is 0 Å². The van der Waals surface area contributed by atoms with Crippen LogP contribution >= 0.6 is 0 Å². The summed E-state index contributed by atoms with van der Waals surface area (Å²) in [7, 11) is -3.00. The van der Waals surface area contributed by atoms with Crippen molar-refractivity contribution in [3.8, 4) is 0 Å². The van der Waals surface area contributed by atoms with Gasteiger partial charge in [-0.3, -0.25) is 4.79 Å². The molecule has 1 aliphatic heterocycles. The number of nitrogens with zero attached hydrogens (tertiary/aromatic N) is 1. The van der Waals surface area contributed by atoms with Crippen molar-refractivity contribution >= 4 is 21.4 Å². The van der Waals surface area contributed by atoms with Crippen LogP contribution in [0.3, 0.4) is 0 Å². The van der Waals surface area contributed by atoms with E-state index >= 15 is 0 Å². The molecule has 1 aromatic rings. The highest BCUT2D eigenvalue weighted by molar-refractivity contribution is 7.91. The maximum atomic E-state index is 12.8. The minimum Gasteiger partial charge on any atom is -0.385 e. The molecule has 122 valence electrons. The zero-order valence-electron chi connectivity index (χ0n) is 12.6. The van der Waals surface area contributed by atoms with Crippen LogP contribution in [0.5, 0.6) is 0 Å². The molecule has 0 aromatic heterocycles. The van der Waals surface area contributed by atoms with Gasteiger partial charge in [0, 0.05) is 31.2 Å². The molecular formula is C15H21FN2O3S. The lowest BCUT2D eigenvalue weighted by Gasteiger charge is -2.27. The van der Waals surface area contributed by atoms with Crippen LogP contribution < -0.4 is 5.32 Å². The lowest BCUT2D eigenvalue weighted by Crippen LogP contribution is -2.41. The van der Waals surface area contributed by atoms with Crippen molar-refractivity contribution in [2.75, 3.05) is 29.9 Å². The maximum Gasteiger partial charge on any atom is 0.224 e. The molecule has 1 aliphatic rings. The highest BCUT2D eigenvalue weighted by atomic mass is 32.2. The minimum atomic E-state index is -3.00. The smallest absolute Gasteiger partial charge is 0.224 e. The summed E-state index contributed by atoms with van der Waals surface area (Å²) in [6.45, 7) is 2.80. The summed E-state index contributed by atoms with van der Waals surface area (Å²) in [5.41, 5.74) is 0.751. The van der Waals surface area contributed by atoms with Gasteiger partial charge in [0.05, 0.1) is 11.5 Å². The Morgan fingerprint density at radius 2 is 2.05 bits per heavy atom. The standard InChI is InChI=1S/C15H21FN2O3S/c1-2-18(14-8-10-22(20,21)11-14)15(19)7-9-17-13-5-3-12(16)4-6-13/h3-6,14,17H,2,7-11H2,1H3. The highest BCUT2D eigenvalue weighted by Crippen LogP contribution is 2.18. The van der Waals surface area contributed by atoms with E-state index in [1.165, 1.54) is 12.1 Å². The van der Waals surface area contributed by atoms with Crippen LogP contribution in [-0.2, 0) is 14.6 Å². The first-order chi connectivity index (χ1) is 10.4. The number of hydrogen-bond acceptors (Lipinski definition) is 4. The van der Waals surface area contributed by atoms with Gasteiger partial charge in [-0.1, -0.05) is 0 Å². The van der Waals surface area contributed by atoms with Crippen molar-refractivity contribution in [3.05, 3.63) is 30.1 Å². The first-order valence-corrected chi connectivity index (χ1v) is 9.23. The Morgan fingerprint density at radius 1 is 1.36 bits per heavy atom. The number of nitrogens with one attached hydrogen (secondary N) is 1. The van der Waals surface area contributed by atoms with Crippen LogP contribution in [0, 0.1) is 5.82 Å². The average molecular weight is 328 g/mol. The third-order valence-corrected chi connectivity index (χ3v) is 5.57. The Labute approximate surface area is 130 Å². The van der Waals surface area contributed by atoms with E-state index in [4.69, 9.17) is 0 Å². The van der Waals surface area contributed by atoms with Gasteiger partial charge in [-0.15, -0.1) is 0 Å². The fraction of sp³-hybridized carbons (Fsp3) is 0.533. The van der Waals surface area contributed by atoms with Gasteiger partial charge < -0.3 is 10.2 Å². The molecular weight excluding hydrogens is 307 g/mol. The lowest BCUT2D eigenvalue weighted by atomic mass is 10.2. The average Bonchev–Trinajstić information content (AvgIpc) is 2.82. The second-order valence-electron chi connectivity index (χ2n) is 5.42. The molecule has 1 atom stereocenters. The summed E-state index contributed by atoms with van der Waals surface area (Å²) in [6, 6.07) is 5.73. The number of benzene rings is 1. The molecule has 1 amide bonds. The van der Waals surface area contributed by atoms with Gasteiger partial charge in [0.2, 0.25) is 5.91 Å². The van der Waals surface area contributed by atoms with Crippen LogP contribution in [0.25, 0.3) is 0 Å². The molecule has 1 N–H and O–H groups in total. The van der Waals surface area contributed by atoms with Crippen LogP contribution in [0.1, 0.15) is 19.8 Å². The number of sulfone groups is 1. The van der Waals surface area contributed by atoms with E-state index in [1.54, 1.807) is 17.0 Å². The molecule has 22 heavy (non-hydrogen) atoms. The molecule has 1 heterocycles. The second kappa shape index (κ2) is 7.09. The quantitative estimate of drug-likeness (QED) is 0.862.